The molecule has 0 radical (unpaired) electrons. The monoisotopic (exact) mass is 292 g/mol. The van der Waals surface area contributed by atoms with Gasteiger partial charge in [-0.05, 0) is 37.0 Å². The molecule has 2 unspecified atom stereocenters. The van der Waals surface area contributed by atoms with Crippen LogP contribution in [0.25, 0.3) is 0 Å². The summed E-state index contributed by atoms with van der Waals surface area (Å²) in [5, 5.41) is 0. The van der Waals surface area contributed by atoms with E-state index in [1.165, 1.54) is 7.11 Å². The first-order chi connectivity index (χ1) is 8.59. The maximum Gasteiger partial charge on any atom is 0.389 e. The van der Waals surface area contributed by atoms with E-state index in [2.05, 4.69) is 0 Å². The van der Waals surface area contributed by atoms with Crippen molar-refractivity contribution in [3.8, 4) is 0 Å². The van der Waals surface area contributed by atoms with Gasteiger partial charge in [-0.3, -0.25) is 0 Å². The lowest BCUT2D eigenvalue weighted by atomic mass is 9.73. The highest BCUT2D eigenvalue weighted by molar-refractivity contribution is 4.81. The third kappa shape index (κ3) is 7.03. The standard InChI is InChI=1S/C12H18F6O/c1-19-7-10-3-8(5-11(13,14)15)2-9(4-10)6-12(16,17)18/h8-10H,2-7H2,1H3. The smallest absolute Gasteiger partial charge is 0.384 e. The maximum absolute atomic E-state index is 12.4. The first-order valence-electron chi connectivity index (χ1n) is 6.21. The summed E-state index contributed by atoms with van der Waals surface area (Å²) in [6.45, 7) is 0.225. The van der Waals surface area contributed by atoms with E-state index >= 15 is 0 Å². The van der Waals surface area contributed by atoms with E-state index < -0.39 is 37.0 Å². The molecule has 0 saturated heterocycles. The molecule has 1 saturated carbocycles. The van der Waals surface area contributed by atoms with Gasteiger partial charge in [0.15, 0.2) is 0 Å². The van der Waals surface area contributed by atoms with Gasteiger partial charge in [0.2, 0.25) is 0 Å². The molecule has 19 heavy (non-hydrogen) atoms. The summed E-state index contributed by atoms with van der Waals surface area (Å²) in [5.41, 5.74) is 0. The topological polar surface area (TPSA) is 9.23 Å². The molecule has 2 atom stereocenters. The Bertz CT molecular complexity index is 248. The zero-order valence-electron chi connectivity index (χ0n) is 10.7. The van der Waals surface area contributed by atoms with E-state index in [0.717, 1.165) is 0 Å². The van der Waals surface area contributed by atoms with Gasteiger partial charge in [0, 0.05) is 26.6 Å². The van der Waals surface area contributed by atoms with Gasteiger partial charge in [-0.25, -0.2) is 0 Å². The summed E-state index contributed by atoms with van der Waals surface area (Å²) < 4.78 is 79.1. The fraction of sp³-hybridized carbons (Fsp3) is 1.00. The molecule has 0 aromatic heterocycles. The fourth-order valence-electron chi connectivity index (χ4n) is 3.06. The molecule has 0 aromatic rings. The van der Waals surface area contributed by atoms with E-state index in [9.17, 15) is 26.3 Å². The van der Waals surface area contributed by atoms with Gasteiger partial charge in [0.25, 0.3) is 0 Å². The second-order valence-electron chi connectivity index (χ2n) is 5.40. The summed E-state index contributed by atoms with van der Waals surface area (Å²) in [6.07, 6.45) is -10.0. The van der Waals surface area contributed by atoms with Crippen LogP contribution in [0.15, 0.2) is 0 Å². The molecular formula is C12H18F6O. The van der Waals surface area contributed by atoms with Crippen molar-refractivity contribution in [2.45, 2.75) is 44.5 Å². The van der Waals surface area contributed by atoms with Crippen LogP contribution >= 0.6 is 0 Å². The molecule has 0 amide bonds. The lowest BCUT2D eigenvalue weighted by Crippen LogP contribution is -2.31. The molecule has 7 heteroatoms. The second-order valence-corrected chi connectivity index (χ2v) is 5.40. The van der Waals surface area contributed by atoms with Crippen LogP contribution in [-0.2, 0) is 4.74 Å². The lowest BCUT2D eigenvalue weighted by molar-refractivity contribution is -0.161. The molecule has 0 heterocycles. The third-order valence-corrected chi connectivity index (χ3v) is 3.44. The van der Waals surface area contributed by atoms with Crippen molar-refractivity contribution in [3.63, 3.8) is 0 Å². The first-order valence-corrected chi connectivity index (χ1v) is 6.21. The number of hydrogen-bond acceptors (Lipinski definition) is 1. The van der Waals surface area contributed by atoms with Crippen molar-refractivity contribution in [2.75, 3.05) is 13.7 Å². The summed E-state index contributed by atoms with van der Waals surface area (Å²) in [4.78, 5) is 0. The van der Waals surface area contributed by atoms with Crippen LogP contribution in [0.3, 0.4) is 0 Å². The summed E-state index contributed by atoms with van der Waals surface area (Å²) in [5.74, 6) is -1.65. The van der Waals surface area contributed by atoms with Gasteiger partial charge in [-0.1, -0.05) is 0 Å². The molecule has 1 nitrogen and oxygen atoms in total. The normalized spacial score (nSPS) is 29.5. The molecule has 0 N–H and O–H groups in total. The Morgan fingerprint density at radius 2 is 1.16 bits per heavy atom. The molecule has 0 aliphatic heterocycles. The van der Waals surface area contributed by atoms with Gasteiger partial charge in [-0.2, -0.15) is 26.3 Å². The molecule has 114 valence electrons. The highest BCUT2D eigenvalue weighted by atomic mass is 19.4. The average Bonchev–Trinajstić information content (AvgIpc) is 2.11. The quantitative estimate of drug-likeness (QED) is 0.690. The predicted molar refractivity (Wildman–Crippen MR) is 57.5 cm³/mol. The van der Waals surface area contributed by atoms with E-state index in [0.29, 0.717) is 12.8 Å². The number of alkyl halides is 6. The van der Waals surface area contributed by atoms with Crippen LogP contribution in [0.1, 0.15) is 32.1 Å². The lowest BCUT2D eigenvalue weighted by Gasteiger charge is -2.35. The highest BCUT2D eigenvalue weighted by Crippen LogP contribution is 2.43. The zero-order valence-corrected chi connectivity index (χ0v) is 10.7. The molecule has 1 rings (SSSR count). The average molecular weight is 292 g/mol. The minimum Gasteiger partial charge on any atom is -0.384 e. The van der Waals surface area contributed by atoms with E-state index in [1.54, 1.807) is 0 Å². The van der Waals surface area contributed by atoms with Crippen molar-refractivity contribution < 1.29 is 31.1 Å². The van der Waals surface area contributed by atoms with Crippen LogP contribution in [0.2, 0.25) is 0 Å². The predicted octanol–water partition coefficient (Wildman–Crippen LogP) is 4.57. The Morgan fingerprint density at radius 3 is 1.47 bits per heavy atom. The van der Waals surface area contributed by atoms with Crippen molar-refractivity contribution >= 4 is 0 Å². The highest BCUT2D eigenvalue weighted by Gasteiger charge is 2.40. The SMILES string of the molecule is COCC1CC(CC(F)(F)F)CC(CC(F)(F)F)C1. The summed E-state index contributed by atoms with van der Waals surface area (Å²) >= 11 is 0. The molecular weight excluding hydrogens is 274 g/mol. The number of rotatable bonds is 4. The molecule has 0 bridgehead atoms. The minimum absolute atomic E-state index is 0.000760. The third-order valence-electron chi connectivity index (χ3n) is 3.44. The first kappa shape index (κ1) is 16.6. The molecule has 1 aliphatic rings. The Morgan fingerprint density at radius 1 is 0.789 bits per heavy atom. The number of methoxy groups -OCH3 is 1. The van der Waals surface area contributed by atoms with Crippen LogP contribution < -0.4 is 0 Å². The number of halogens is 6. The number of hydrogen-bond donors (Lipinski definition) is 0. The largest absolute Gasteiger partial charge is 0.389 e. The van der Waals surface area contributed by atoms with E-state index in [1.807, 2.05) is 0 Å². The Kier molecular flexibility index (Phi) is 5.53. The van der Waals surface area contributed by atoms with Gasteiger partial charge in [0.05, 0.1) is 0 Å². The van der Waals surface area contributed by atoms with Gasteiger partial charge >= 0.3 is 12.4 Å². The number of ether oxygens (including phenoxy) is 1. The second kappa shape index (κ2) is 6.33. The van der Waals surface area contributed by atoms with Crippen LogP contribution in [0.4, 0.5) is 26.3 Å². The van der Waals surface area contributed by atoms with E-state index in [4.69, 9.17) is 4.74 Å². The maximum atomic E-state index is 12.4. The Hall–Kier alpha value is -0.460. The van der Waals surface area contributed by atoms with Crippen LogP contribution in [0.5, 0.6) is 0 Å². The van der Waals surface area contributed by atoms with Gasteiger partial charge in [0.1, 0.15) is 0 Å². The van der Waals surface area contributed by atoms with E-state index in [-0.39, 0.29) is 18.9 Å². The van der Waals surface area contributed by atoms with Crippen molar-refractivity contribution in [3.05, 3.63) is 0 Å². The van der Waals surface area contributed by atoms with Crippen molar-refractivity contribution in [2.24, 2.45) is 17.8 Å². The Labute approximate surface area is 108 Å². The Balaban J connectivity index is 2.62. The van der Waals surface area contributed by atoms with Gasteiger partial charge in [-0.15, -0.1) is 0 Å². The summed E-state index contributed by atoms with van der Waals surface area (Å²) in [6, 6.07) is 0. The van der Waals surface area contributed by atoms with Crippen molar-refractivity contribution in [1.82, 2.24) is 0 Å². The summed E-state index contributed by atoms with van der Waals surface area (Å²) in [7, 11) is 1.41. The van der Waals surface area contributed by atoms with Crippen molar-refractivity contribution in [1.29, 1.82) is 0 Å². The van der Waals surface area contributed by atoms with Crippen LogP contribution in [-0.4, -0.2) is 26.1 Å². The minimum atomic E-state index is -4.32. The molecule has 1 fully saturated rings. The molecule has 0 spiro atoms. The fourth-order valence-corrected chi connectivity index (χ4v) is 3.06. The molecule has 0 aromatic carbocycles. The molecule has 1 aliphatic carbocycles. The van der Waals surface area contributed by atoms with Gasteiger partial charge < -0.3 is 4.74 Å². The zero-order chi connectivity index (χ0) is 14.7. The van der Waals surface area contributed by atoms with Crippen LogP contribution in [0, 0.1) is 17.8 Å².